The number of halogens is 2. The third kappa shape index (κ3) is 13.1. The molecule has 0 bridgehead atoms. The van der Waals surface area contributed by atoms with Crippen LogP contribution < -0.4 is 0 Å². The molecule has 5 heteroatoms. The van der Waals surface area contributed by atoms with Crippen molar-refractivity contribution in [3.8, 4) is 0 Å². The second-order valence-electron chi connectivity index (χ2n) is 2.04. The summed E-state index contributed by atoms with van der Waals surface area (Å²) in [6.07, 6.45) is 0. The molecule has 0 fully saturated rings. The third-order valence-corrected chi connectivity index (χ3v) is 0.751. The second kappa shape index (κ2) is 10.0. The van der Waals surface area contributed by atoms with E-state index in [2.05, 4.69) is 4.74 Å². The molecule has 0 atom stereocenters. The van der Waals surface area contributed by atoms with Gasteiger partial charge in [-0.05, 0) is 21.0 Å². The first-order valence-corrected chi connectivity index (χ1v) is 2.97. The van der Waals surface area contributed by atoms with Gasteiger partial charge in [0.15, 0.2) is 0 Å². The van der Waals surface area contributed by atoms with Crippen molar-refractivity contribution in [1.82, 2.24) is 4.90 Å². The molecular formula is C6H15Cl2NO2. The molecule has 0 rings (SSSR count). The molecule has 0 amide bonds. The van der Waals surface area contributed by atoms with Gasteiger partial charge in [-0.15, -0.1) is 24.8 Å². The number of nitrogens with zero attached hydrogens (tertiary/aromatic N) is 1. The minimum atomic E-state index is -0.164. The first kappa shape index (κ1) is 17.2. The number of carbonyl (C=O) groups excluding carboxylic acids is 1. The lowest BCUT2D eigenvalue weighted by molar-refractivity contribution is -0.143. The van der Waals surface area contributed by atoms with E-state index in [1.54, 1.807) is 11.8 Å². The largest absolute Gasteiger partial charge is 0.465 e. The van der Waals surface area contributed by atoms with E-state index in [9.17, 15) is 4.79 Å². The molecule has 0 aromatic heterocycles. The van der Waals surface area contributed by atoms with Crippen molar-refractivity contribution < 1.29 is 9.53 Å². The Bertz CT molecular complexity index is 98.6. The Balaban J connectivity index is -0.000000320. The Hall–Kier alpha value is 0.01000. The van der Waals surface area contributed by atoms with Gasteiger partial charge in [-0.3, -0.25) is 9.69 Å². The van der Waals surface area contributed by atoms with Gasteiger partial charge in [-0.1, -0.05) is 0 Å². The number of hydrogen-bond acceptors (Lipinski definition) is 3. The van der Waals surface area contributed by atoms with Gasteiger partial charge in [-0.2, -0.15) is 0 Å². The molecule has 3 nitrogen and oxygen atoms in total. The zero-order valence-electron chi connectivity index (χ0n) is 6.99. The molecule has 0 aliphatic heterocycles. The van der Waals surface area contributed by atoms with E-state index < -0.39 is 0 Å². The van der Waals surface area contributed by atoms with Gasteiger partial charge in [-0.25, -0.2) is 0 Å². The zero-order chi connectivity index (χ0) is 7.28. The number of carbonyl (C=O) groups is 1. The van der Waals surface area contributed by atoms with Gasteiger partial charge < -0.3 is 4.74 Å². The molecule has 11 heavy (non-hydrogen) atoms. The predicted octanol–water partition coefficient (Wildman–Crippen LogP) is 0.955. The minimum Gasteiger partial charge on any atom is -0.465 e. The number of likely N-dealkylation sites (N-methyl/N-ethyl adjacent to an activating group) is 1. The quantitative estimate of drug-likeness (QED) is 0.641. The van der Waals surface area contributed by atoms with Crippen LogP contribution in [0.3, 0.4) is 0 Å². The number of ether oxygens (including phenoxy) is 1. The fourth-order valence-electron chi connectivity index (χ4n) is 0.465. The lowest BCUT2D eigenvalue weighted by Crippen LogP contribution is -2.23. The molecular weight excluding hydrogens is 189 g/mol. The smallest absolute Gasteiger partial charge is 0.320 e. The highest BCUT2D eigenvalue weighted by Crippen LogP contribution is 1.79. The number of esters is 1. The van der Waals surface area contributed by atoms with Crippen molar-refractivity contribution in [3.63, 3.8) is 0 Å². The van der Waals surface area contributed by atoms with E-state index in [1.807, 2.05) is 14.1 Å². The van der Waals surface area contributed by atoms with Gasteiger partial charge >= 0.3 is 5.97 Å². The Labute approximate surface area is 79.9 Å². The summed E-state index contributed by atoms with van der Waals surface area (Å²) in [6.45, 7) is 2.63. The number of hydrogen-bond donors (Lipinski definition) is 0. The first-order chi connectivity index (χ1) is 4.16. The van der Waals surface area contributed by atoms with E-state index in [4.69, 9.17) is 0 Å². The van der Waals surface area contributed by atoms with E-state index in [0.29, 0.717) is 13.2 Å². The summed E-state index contributed by atoms with van der Waals surface area (Å²) < 4.78 is 4.67. The van der Waals surface area contributed by atoms with Crippen LogP contribution in [0.5, 0.6) is 0 Å². The van der Waals surface area contributed by atoms with Crippen molar-refractivity contribution in [2.75, 3.05) is 27.2 Å². The van der Waals surface area contributed by atoms with Crippen molar-refractivity contribution in [3.05, 3.63) is 0 Å². The van der Waals surface area contributed by atoms with Crippen LogP contribution in [-0.4, -0.2) is 38.1 Å². The van der Waals surface area contributed by atoms with Crippen LogP contribution >= 0.6 is 24.8 Å². The maximum Gasteiger partial charge on any atom is 0.320 e. The highest BCUT2D eigenvalue weighted by molar-refractivity contribution is 5.85. The maximum absolute atomic E-state index is 10.6. The average Bonchev–Trinajstić information content (AvgIpc) is 1.63. The summed E-state index contributed by atoms with van der Waals surface area (Å²) >= 11 is 0. The van der Waals surface area contributed by atoms with Crippen molar-refractivity contribution in [2.45, 2.75) is 6.92 Å². The standard InChI is InChI=1S/C6H13NO2.2ClH/c1-4-9-6(8)5-7(2)3;;/h4-5H2,1-3H3;2*1H. The summed E-state index contributed by atoms with van der Waals surface area (Å²) in [5.41, 5.74) is 0. The van der Waals surface area contributed by atoms with Gasteiger partial charge in [0.2, 0.25) is 0 Å². The molecule has 0 aliphatic carbocycles. The molecule has 0 unspecified atom stereocenters. The molecule has 0 aliphatic rings. The van der Waals surface area contributed by atoms with Crippen LogP contribution in [0.4, 0.5) is 0 Å². The summed E-state index contributed by atoms with van der Waals surface area (Å²) in [7, 11) is 3.66. The Morgan fingerprint density at radius 2 is 1.82 bits per heavy atom. The normalized spacial score (nSPS) is 8.00. The zero-order valence-corrected chi connectivity index (χ0v) is 8.63. The van der Waals surface area contributed by atoms with E-state index >= 15 is 0 Å². The fourth-order valence-corrected chi connectivity index (χ4v) is 0.465. The molecule has 0 aromatic carbocycles. The van der Waals surface area contributed by atoms with Crippen LogP contribution in [0.25, 0.3) is 0 Å². The lowest BCUT2D eigenvalue weighted by Gasteiger charge is -2.06. The second-order valence-corrected chi connectivity index (χ2v) is 2.04. The summed E-state index contributed by atoms with van der Waals surface area (Å²) in [5.74, 6) is -0.164. The highest BCUT2D eigenvalue weighted by atomic mass is 35.5. The van der Waals surface area contributed by atoms with Gasteiger partial charge in [0.05, 0.1) is 13.2 Å². The van der Waals surface area contributed by atoms with Gasteiger partial charge in [0, 0.05) is 0 Å². The number of rotatable bonds is 3. The van der Waals surface area contributed by atoms with Crippen LogP contribution in [0.15, 0.2) is 0 Å². The highest BCUT2D eigenvalue weighted by Gasteiger charge is 2.00. The van der Waals surface area contributed by atoms with E-state index in [1.165, 1.54) is 0 Å². The van der Waals surface area contributed by atoms with Crippen LogP contribution in [0.1, 0.15) is 6.92 Å². The lowest BCUT2D eigenvalue weighted by atomic mass is 10.6. The predicted molar refractivity (Wildman–Crippen MR) is 49.7 cm³/mol. The SMILES string of the molecule is CCOC(=O)CN(C)C.Cl.Cl. The van der Waals surface area contributed by atoms with Crippen molar-refractivity contribution >= 4 is 30.8 Å². The molecule has 0 N–H and O–H groups in total. The molecule has 0 spiro atoms. The van der Waals surface area contributed by atoms with Crippen molar-refractivity contribution in [1.29, 1.82) is 0 Å². The Morgan fingerprint density at radius 3 is 2.09 bits per heavy atom. The first-order valence-electron chi connectivity index (χ1n) is 2.97. The topological polar surface area (TPSA) is 29.5 Å². The van der Waals surface area contributed by atoms with E-state index in [0.717, 1.165) is 0 Å². The monoisotopic (exact) mass is 203 g/mol. The Morgan fingerprint density at radius 1 is 1.36 bits per heavy atom. The summed E-state index contributed by atoms with van der Waals surface area (Å²) in [6, 6.07) is 0. The molecule has 0 saturated carbocycles. The fraction of sp³-hybridized carbons (Fsp3) is 0.833. The molecule has 0 heterocycles. The molecule has 0 radical (unpaired) electrons. The van der Waals surface area contributed by atoms with Crippen LogP contribution in [0, 0.1) is 0 Å². The van der Waals surface area contributed by atoms with Crippen molar-refractivity contribution in [2.24, 2.45) is 0 Å². The maximum atomic E-state index is 10.6. The Kier molecular flexibility index (Phi) is 15.6. The summed E-state index contributed by atoms with van der Waals surface area (Å²) in [5, 5.41) is 0. The van der Waals surface area contributed by atoms with Gasteiger partial charge in [0.25, 0.3) is 0 Å². The molecule has 0 saturated heterocycles. The average molecular weight is 204 g/mol. The van der Waals surface area contributed by atoms with Gasteiger partial charge in [0.1, 0.15) is 0 Å². The van der Waals surface area contributed by atoms with E-state index in [-0.39, 0.29) is 30.8 Å². The third-order valence-electron chi connectivity index (χ3n) is 0.751. The molecule has 0 aromatic rings. The minimum absolute atomic E-state index is 0. The van der Waals surface area contributed by atoms with Crippen LogP contribution in [-0.2, 0) is 9.53 Å². The van der Waals surface area contributed by atoms with Crippen LogP contribution in [0.2, 0.25) is 0 Å². The summed E-state index contributed by atoms with van der Waals surface area (Å²) in [4.78, 5) is 12.4. The molecule has 70 valence electrons.